The highest BCUT2D eigenvalue weighted by Gasteiger charge is 1.98. The van der Waals surface area contributed by atoms with Crippen molar-refractivity contribution >= 4 is 35.1 Å². The molecule has 0 aliphatic carbocycles. The van der Waals surface area contributed by atoms with Crippen molar-refractivity contribution in [3.8, 4) is 5.75 Å². The summed E-state index contributed by atoms with van der Waals surface area (Å²) in [7, 11) is 0. The molecule has 0 saturated carbocycles. The van der Waals surface area contributed by atoms with Crippen LogP contribution in [0.4, 0.5) is 0 Å². The van der Waals surface area contributed by atoms with E-state index in [1.165, 1.54) is 0 Å². The number of ether oxygens (including phenoxy) is 1. The lowest BCUT2D eigenvalue weighted by molar-refractivity contribution is 0.306. The molecule has 3 rings (SSSR count). The highest BCUT2D eigenvalue weighted by atomic mass is 35.5. The van der Waals surface area contributed by atoms with E-state index < -0.39 is 0 Å². The number of benzene rings is 3. The first-order valence-corrected chi connectivity index (χ1v) is 9.56. The third kappa shape index (κ3) is 6.68. The van der Waals surface area contributed by atoms with Crippen LogP contribution in [0.3, 0.4) is 0 Å². The van der Waals surface area contributed by atoms with E-state index in [0.29, 0.717) is 23.3 Å². The van der Waals surface area contributed by atoms with Gasteiger partial charge < -0.3 is 10.1 Å². The molecule has 0 bridgehead atoms. The SMILES string of the molecule is S=C(NCc1ccccc1)N/N=C/c1ccc(OCc2cccc(Cl)c2)cc1. The molecule has 0 heterocycles. The largest absolute Gasteiger partial charge is 0.489 e. The van der Waals surface area contributed by atoms with Gasteiger partial charge in [0, 0.05) is 11.6 Å². The molecule has 28 heavy (non-hydrogen) atoms. The monoisotopic (exact) mass is 409 g/mol. The number of hydrogen-bond donors (Lipinski definition) is 2. The molecule has 142 valence electrons. The van der Waals surface area contributed by atoms with E-state index in [-0.39, 0.29) is 0 Å². The minimum Gasteiger partial charge on any atom is -0.489 e. The highest BCUT2D eigenvalue weighted by Crippen LogP contribution is 2.15. The third-order valence-corrected chi connectivity index (χ3v) is 4.32. The molecule has 2 N–H and O–H groups in total. The van der Waals surface area contributed by atoms with Crippen molar-refractivity contribution in [2.24, 2.45) is 5.10 Å². The number of hydrogen-bond acceptors (Lipinski definition) is 3. The van der Waals surface area contributed by atoms with Gasteiger partial charge in [0.25, 0.3) is 0 Å². The summed E-state index contributed by atoms with van der Waals surface area (Å²) in [4.78, 5) is 0. The van der Waals surface area contributed by atoms with Crippen LogP contribution in [0.15, 0.2) is 84.0 Å². The van der Waals surface area contributed by atoms with Gasteiger partial charge in [0.1, 0.15) is 12.4 Å². The number of nitrogens with zero attached hydrogens (tertiary/aromatic N) is 1. The first-order chi connectivity index (χ1) is 13.7. The molecule has 0 aliphatic heterocycles. The summed E-state index contributed by atoms with van der Waals surface area (Å²) in [5.41, 5.74) is 5.94. The van der Waals surface area contributed by atoms with Crippen molar-refractivity contribution < 1.29 is 4.74 Å². The lowest BCUT2D eigenvalue weighted by Crippen LogP contribution is -2.31. The molecule has 0 aliphatic rings. The third-order valence-electron chi connectivity index (χ3n) is 3.85. The summed E-state index contributed by atoms with van der Waals surface area (Å²) in [5.74, 6) is 0.783. The van der Waals surface area contributed by atoms with Crippen LogP contribution in [0.1, 0.15) is 16.7 Å². The quantitative estimate of drug-likeness (QED) is 0.330. The Bertz CT molecular complexity index is 930. The minimum atomic E-state index is 0.469. The van der Waals surface area contributed by atoms with Crippen molar-refractivity contribution in [3.05, 3.63) is 101 Å². The Balaban J connectivity index is 1.42. The molecule has 0 spiro atoms. The first-order valence-electron chi connectivity index (χ1n) is 8.77. The Kier molecular flexibility index (Phi) is 7.41. The molecule has 3 aromatic carbocycles. The Morgan fingerprint density at radius 1 is 0.964 bits per heavy atom. The van der Waals surface area contributed by atoms with E-state index in [0.717, 1.165) is 22.4 Å². The number of nitrogens with one attached hydrogen (secondary N) is 2. The molecule has 6 heteroatoms. The molecule has 0 saturated heterocycles. The van der Waals surface area contributed by atoms with Crippen LogP contribution in [-0.4, -0.2) is 11.3 Å². The van der Waals surface area contributed by atoms with Gasteiger partial charge in [-0.15, -0.1) is 0 Å². The van der Waals surface area contributed by atoms with Gasteiger partial charge in [0.05, 0.1) is 6.21 Å². The van der Waals surface area contributed by atoms with E-state index >= 15 is 0 Å². The zero-order chi connectivity index (χ0) is 19.6. The number of hydrazone groups is 1. The number of thiocarbonyl (C=S) groups is 1. The highest BCUT2D eigenvalue weighted by molar-refractivity contribution is 7.80. The van der Waals surface area contributed by atoms with Crippen molar-refractivity contribution in [1.29, 1.82) is 0 Å². The maximum absolute atomic E-state index is 5.98. The second-order valence-corrected chi connectivity index (χ2v) is 6.87. The standard InChI is InChI=1S/C22H20ClN3OS/c23-20-8-4-7-19(13-20)16-27-21-11-9-18(10-12-21)15-25-26-22(28)24-14-17-5-2-1-3-6-17/h1-13,15H,14,16H2,(H2,24,26,28)/b25-15+. The fourth-order valence-corrected chi connectivity index (χ4v) is 2.76. The van der Waals surface area contributed by atoms with Gasteiger partial charge in [-0.1, -0.05) is 54.1 Å². The molecule has 0 amide bonds. The van der Waals surface area contributed by atoms with Crippen molar-refractivity contribution in [1.82, 2.24) is 10.7 Å². The first kappa shape index (κ1) is 19.9. The summed E-state index contributed by atoms with van der Waals surface area (Å²) in [6.45, 7) is 1.12. The van der Waals surface area contributed by atoms with Crippen molar-refractivity contribution in [3.63, 3.8) is 0 Å². The minimum absolute atomic E-state index is 0.469. The van der Waals surface area contributed by atoms with Crippen LogP contribution in [0, 0.1) is 0 Å². The van der Waals surface area contributed by atoms with E-state index in [1.54, 1.807) is 6.21 Å². The zero-order valence-electron chi connectivity index (χ0n) is 15.1. The lowest BCUT2D eigenvalue weighted by atomic mass is 10.2. The molecule has 3 aromatic rings. The molecular weight excluding hydrogens is 390 g/mol. The van der Waals surface area contributed by atoms with E-state index in [1.807, 2.05) is 78.9 Å². The van der Waals surface area contributed by atoms with Crippen LogP contribution in [0.2, 0.25) is 5.02 Å². The van der Waals surface area contributed by atoms with Crippen LogP contribution in [0.5, 0.6) is 5.75 Å². The molecule has 0 fully saturated rings. The normalized spacial score (nSPS) is 10.6. The Labute approximate surface area is 175 Å². The average molecular weight is 410 g/mol. The van der Waals surface area contributed by atoms with Crippen LogP contribution in [-0.2, 0) is 13.2 Å². The zero-order valence-corrected chi connectivity index (χ0v) is 16.7. The van der Waals surface area contributed by atoms with E-state index in [4.69, 9.17) is 28.6 Å². The maximum Gasteiger partial charge on any atom is 0.187 e. The van der Waals surface area contributed by atoms with Gasteiger partial charge in [-0.25, -0.2) is 0 Å². The van der Waals surface area contributed by atoms with Crippen LogP contribution < -0.4 is 15.5 Å². The molecule has 0 radical (unpaired) electrons. The topological polar surface area (TPSA) is 45.7 Å². The van der Waals surface area contributed by atoms with E-state index in [2.05, 4.69) is 15.8 Å². The summed E-state index contributed by atoms with van der Waals surface area (Å²) >= 11 is 11.2. The lowest BCUT2D eigenvalue weighted by Gasteiger charge is -2.07. The fraction of sp³-hybridized carbons (Fsp3) is 0.0909. The van der Waals surface area contributed by atoms with Gasteiger partial charge >= 0.3 is 0 Å². The predicted molar refractivity (Wildman–Crippen MR) is 119 cm³/mol. The average Bonchev–Trinajstić information content (AvgIpc) is 2.72. The predicted octanol–water partition coefficient (Wildman–Crippen LogP) is 4.92. The molecule has 0 atom stereocenters. The Morgan fingerprint density at radius 3 is 2.46 bits per heavy atom. The second-order valence-electron chi connectivity index (χ2n) is 6.03. The van der Waals surface area contributed by atoms with Crippen LogP contribution in [0.25, 0.3) is 0 Å². The Morgan fingerprint density at radius 2 is 1.71 bits per heavy atom. The summed E-state index contributed by atoms with van der Waals surface area (Å²) in [5, 5.41) is 8.44. The maximum atomic E-state index is 5.98. The fourth-order valence-electron chi connectivity index (χ4n) is 2.43. The number of rotatable bonds is 7. The van der Waals surface area contributed by atoms with E-state index in [9.17, 15) is 0 Å². The summed E-state index contributed by atoms with van der Waals surface area (Å²) < 4.78 is 5.77. The van der Waals surface area contributed by atoms with Gasteiger partial charge in [-0.05, 0) is 65.3 Å². The Hall–Kier alpha value is -2.89. The molecular formula is C22H20ClN3OS. The summed E-state index contributed by atoms with van der Waals surface area (Å²) in [6, 6.07) is 25.3. The molecule has 0 aromatic heterocycles. The van der Waals surface area contributed by atoms with Gasteiger partial charge in [0.2, 0.25) is 0 Å². The van der Waals surface area contributed by atoms with Crippen molar-refractivity contribution in [2.75, 3.05) is 0 Å². The summed E-state index contributed by atoms with van der Waals surface area (Å²) in [6.07, 6.45) is 1.71. The number of halogens is 1. The van der Waals surface area contributed by atoms with Crippen LogP contribution >= 0.6 is 23.8 Å². The van der Waals surface area contributed by atoms with Crippen molar-refractivity contribution in [2.45, 2.75) is 13.2 Å². The smallest absolute Gasteiger partial charge is 0.187 e. The van der Waals surface area contributed by atoms with Gasteiger partial charge in [0.15, 0.2) is 5.11 Å². The molecule has 0 unspecified atom stereocenters. The second kappa shape index (κ2) is 10.4. The molecule has 4 nitrogen and oxygen atoms in total. The van der Waals surface area contributed by atoms with Gasteiger partial charge in [-0.3, -0.25) is 5.43 Å². The van der Waals surface area contributed by atoms with Gasteiger partial charge in [-0.2, -0.15) is 5.10 Å².